The van der Waals surface area contributed by atoms with E-state index in [2.05, 4.69) is 78.1 Å². The summed E-state index contributed by atoms with van der Waals surface area (Å²) in [4.78, 5) is 0. The van der Waals surface area contributed by atoms with Crippen LogP contribution in [-0.2, 0) is 5.54 Å². The molecule has 0 atom stereocenters. The SMILES string of the molecule is COc1ccc(C(NCCCCCCCCO)(c2ccccc2)c2ccccc2)cc1. The average Bonchev–Trinajstić information content (AvgIpc) is 2.84. The molecule has 3 aromatic rings. The highest BCUT2D eigenvalue weighted by molar-refractivity contribution is 5.50. The van der Waals surface area contributed by atoms with Crippen molar-refractivity contribution in [3.05, 3.63) is 102 Å². The summed E-state index contributed by atoms with van der Waals surface area (Å²) in [5, 5.41) is 12.9. The maximum absolute atomic E-state index is 8.94. The van der Waals surface area contributed by atoms with Crippen LogP contribution in [0.15, 0.2) is 84.9 Å². The van der Waals surface area contributed by atoms with Gasteiger partial charge in [0.25, 0.3) is 0 Å². The summed E-state index contributed by atoms with van der Waals surface area (Å²) >= 11 is 0. The van der Waals surface area contributed by atoms with Crippen molar-refractivity contribution in [3.8, 4) is 5.75 Å². The third kappa shape index (κ3) is 5.96. The minimum atomic E-state index is -0.425. The number of aliphatic hydroxyl groups is 1. The lowest BCUT2D eigenvalue weighted by Crippen LogP contribution is -2.45. The second-order valence-electron chi connectivity index (χ2n) is 7.98. The number of hydrogen-bond acceptors (Lipinski definition) is 3. The van der Waals surface area contributed by atoms with Crippen molar-refractivity contribution in [2.45, 2.75) is 44.1 Å². The Bertz CT molecular complexity index is 823. The lowest BCUT2D eigenvalue weighted by molar-refractivity contribution is 0.282. The lowest BCUT2D eigenvalue weighted by Gasteiger charge is -2.37. The summed E-state index contributed by atoms with van der Waals surface area (Å²) in [5.74, 6) is 0.863. The molecule has 31 heavy (non-hydrogen) atoms. The number of methoxy groups -OCH3 is 1. The Labute approximate surface area is 187 Å². The van der Waals surface area contributed by atoms with Crippen LogP contribution in [0, 0.1) is 0 Å². The van der Waals surface area contributed by atoms with Gasteiger partial charge in [-0.05, 0) is 48.2 Å². The van der Waals surface area contributed by atoms with Crippen LogP contribution in [0.5, 0.6) is 5.75 Å². The predicted molar refractivity (Wildman–Crippen MR) is 129 cm³/mol. The zero-order chi connectivity index (χ0) is 21.8. The maximum Gasteiger partial charge on any atom is 0.118 e. The average molecular weight is 418 g/mol. The minimum Gasteiger partial charge on any atom is -0.497 e. The van der Waals surface area contributed by atoms with E-state index in [1.807, 2.05) is 12.1 Å². The fraction of sp³-hybridized carbons (Fsp3) is 0.357. The number of rotatable bonds is 13. The molecule has 0 fully saturated rings. The van der Waals surface area contributed by atoms with E-state index in [0.717, 1.165) is 31.6 Å². The van der Waals surface area contributed by atoms with Crippen LogP contribution >= 0.6 is 0 Å². The Morgan fingerprint density at radius 2 is 1.13 bits per heavy atom. The van der Waals surface area contributed by atoms with E-state index >= 15 is 0 Å². The molecule has 0 radical (unpaired) electrons. The summed E-state index contributed by atoms with van der Waals surface area (Å²) in [5.41, 5.74) is 3.24. The van der Waals surface area contributed by atoms with Crippen LogP contribution in [0.3, 0.4) is 0 Å². The zero-order valence-corrected chi connectivity index (χ0v) is 18.6. The molecule has 0 aliphatic rings. The largest absolute Gasteiger partial charge is 0.497 e. The maximum atomic E-state index is 8.94. The van der Waals surface area contributed by atoms with Crippen molar-refractivity contribution in [1.29, 1.82) is 0 Å². The van der Waals surface area contributed by atoms with Gasteiger partial charge in [0.2, 0.25) is 0 Å². The fourth-order valence-electron chi connectivity index (χ4n) is 4.24. The first-order valence-corrected chi connectivity index (χ1v) is 11.4. The standard InChI is InChI=1S/C28H35NO2/c1-31-27-20-18-26(19-21-27)28(24-14-8-6-9-15-24,25-16-10-7-11-17-25)29-22-12-4-2-3-5-13-23-30/h6-11,14-21,29-30H,2-5,12-13,22-23H2,1H3. The summed E-state index contributed by atoms with van der Waals surface area (Å²) < 4.78 is 5.41. The first-order chi connectivity index (χ1) is 15.3. The zero-order valence-electron chi connectivity index (χ0n) is 18.6. The van der Waals surface area contributed by atoms with Crippen LogP contribution < -0.4 is 10.1 Å². The number of nitrogens with one attached hydrogen (secondary N) is 1. The monoisotopic (exact) mass is 417 g/mol. The normalized spacial score (nSPS) is 11.4. The van der Waals surface area contributed by atoms with E-state index in [0.29, 0.717) is 6.61 Å². The van der Waals surface area contributed by atoms with Crippen LogP contribution in [0.4, 0.5) is 0 Å². The third-order valence-corrected chi connectivity index (χ3v) is 5.91. The molecule has 0 saturated heterocycles. The predicted octanol–water partition coefficient (Wildman–Crippen LogP) is 5.91. The molecule has 3 aromatic carbocycles. The van der Waals surface area contributed by atoms with Gasteiger partial charge in [-0.3, -0.25) is 5.32 Å². The van der Waals surface area contributed by atoms with Gasteiger partial charge in [0.1, 0.15) is 5.75 Å². The Hall–Kier alpha value is -2.62. The van der Waals surface area contributed by atoms with Crippen molar-refractivity contribution in [2.24, 2.45) is 0 Å². The molecule has 0 spiro atoms. The Balaban J connectivity index is 1.88. The Morgan fingerprint density at radius 1 is 0.645 bits per heavy atom. The highest BCUT2D eigenvalue weighted by Gasteiger charge is 2.35. The minimum absolute atomic E-state index is 0.306. The molecule has 0 aliphatic carbocycles. The molecule has 0 bridgehead atoms. The van der Waals surface area contributed by atoms with E-state index in [9.17, 15) is 0 Å². The Kier molecular flexibility index (Phi) is 9.14. The first-order valence-electron chi connectivity index (χ1n) is 11.4. The molecule has 2 N–H and O–H groups in total. The molecule has 0 unspecified atom stereocenters. The number of benzene rings is 3. The quantitative estimate of drug-likeness (QED) is 0.268. The second kappa shape index (κ2) is 12.3. The lowest BCUT2D eigenvalue weighted by atomic mass is 9.77. The second-order valence-corrected chi connectivity index (χ2v) is 7.98. The highest BCUT2D eigenvalue weighted by Crippen LogP contribution is 2.37. The number of hydrogen-bond donors (Lipinski definition) is 2. The molecule has 0 aliphatic heterocycles. The van der Waals surface area contributed by atoms with E-state index in [-0.39, 0.29) is 0 Å². The summed E-state index contributed by atoms with van der Waals surface area (Å²) in [6.07, 6.45) is 6.77. The van der Waals surface area contributed by atoms with Gasteiger partial charge < -0.3 is 9.84 Å². The summed E-state index contributed by atoms with van der Waals surface area (Å²) in [6.45, 7) is 1.23. The van der Waals surface area contributed by atoms with Gasteiger partial charge in [0, 0.05) is 6.61 Å². The fourth-order valence-corrected chi connectivity index (χ4v) is 4.24. The molecular weight excluding hydrogens is 382 g/mol. The van der Waals surface area contributed by atoms with Crippen molar-refractivity contribution in [3.63, 3.8) is 0 Å². The van der Waals surface area contributed by atoms with E-state index in [1.165, 1.54) is 36.0 Å². The van der Waals surface area contributed by atoms with Gasteiger partial charge in [-0.15, -0.1) is 0 Å². The van der Waals surface area contributed by atoms with E-state index in [1.54, 1.807) is 7.11 Å². The molecule has 0 aromatic heterocycles. The van der Waals surface area contributed by atoms with Crippen molar-refractivity contribution in [1.82, 2.24) is 5.32 Å². The summed E-state index contributed by atoms with van der Waals surface area (Å²) in [7, 11) is 1.70. The molecule has 0 amide bonds. The molecule has 3 rings (SSSR count). The van der Waals surface area contributed by atoms with Crippen molar-refractivity contribution >= 4 is 0 Å². The van der Waals surface area contributed by atoms with Gasteiger partial charge in [-0.1, -0.05) is 98.5 Å². The van der Waals surface area contributed by atoms with Gasteiger partial charge >= 0.3 is 0 Å². The van der Waals surface area contributed by atoms with Crippen LogP contribution in [0.25, 0.3) is 0 Å². The third-order valence-electron chi connectivity index (χ3n) is 5.91. The summed E-state index contributed by atoms with van der Waals surface area (Å²) in [6, 6.07) is 29.8. The number of ether oxygens (including phenoxy) is 1. The molecule has 3 nitrogen and oxygen atoms in total. The Morgan fingerprint density at radius 3 is 1.65 bits per heavy atom. The smallest absolute Gasteiger partial charge is 0.118 e. The van der Waals surface area contributed by atoms with Crippen LogP contribution in [0.1, 0.15) is 55.2 Å². The van der Waals surface area contributed by atoms with Crippen LogP contribution in [0.2, 0.25) is 0 Å². The molecular formula is C28H35NO2. The van der Waals surface area contributed by atoms with Gasteiger partial charge in [-0.25, -0.2) is 0 Å². The molecule has 0 saturated carbocycles. The first kappa shape index (κ1) is 23.1. The van der Waals surface area contributed by atoms with Crippen LogP contribution in [-0.4, -0.2) is 25.4 Å². The topological polar surface area (TPSA) is 41.5 Å². The van der Waals surface area contributed by atoms with Crippen molar-refractivity contribution in [2.75, 3.05) is 20.3 Å². The van der Waals surface area contributed by atoms with Crippen molar-refractivity contribution < 1.29 is 9.84 Å². The molecule has 3 heteroatoms. The van der Waals surface area contributed by atoms with E-state index in [4.69, 9.17) is 9.84 Å². The molecule has 164 valence electrons. The number of aliphatic hydroxyl groups excluding tert-OH is 1. The van der Waals surface area contributed by atoms with Gasteiger partial charge in [0.15, 0.2) is 0 Å². The molecule has 0 heterocycles. The van der Waals surface area contributed by atoms with Gasteiger partial charge in [0.05, 0.1) is 12.6 Å². The van der Waals surface area contributed by atoms with E-state index < -0.39 is 5.54 Å². The highest BCUT2D eigenvalue weighted by atomic mass is 16.5. The number of unbranched alkanes of at least 4 members (excludes halogenated alkanes) is 5. The van der Waals surface area contributed by atoms with Gasteiger partial charge in [-0.2, -0.15) is 0 Å².